The van der Waals surface area contributed by atoms with Crippen LogP contribution in [0.1, 0.15) is 37.3 Å². The summed E-state index contributed by atoms with van der Waals surface area (Å²) in [5.74, 6) is 0.0109. The molecule has 5 nitrogen and oxygen atoms in total. The first-order valence-corrected chi connectivity index (χ1v) is 8.47. The number of primary amides is 1. The van der Waals surface area contributed by atoms with Crippen LogP contribution in [0, 0.1) is 0 Å². The van der Waals surface area contributed by atoms with E-state index < -0.39 is 11.6 Å². The van der Waals surface area contributed by atoms with Gasteiger partial charge in [0.05, 0.1) is 6.04 Å². The standard InChI is InChI=1S/C19H21N3O2/c20-18(24)21-19(10-11-19)17(23)22-12-4-9-16(22)15-8-3-6-13-5-1-2-7-14(13)15/h1-3,5-8,16H,4,9-12H2,(H3,20,21,24). The van der Waals surface area contributed by atoms with E-state index in [1.54, 1.807) is 0 Å². The Hall–Kier alpha value is -2.56. The molecule has 4 rings (SSSR count). The molecule has 24 heavy (non-hydrogen) atoms. The maximum absolute atomic E-state index is 13.0. The zero-order chi connectivity index (χ0) is 16.7. The Bertz CT molecular complexity index is 808. The summed E-state index contributed by atoms with van der Waals surface area (Å²) in [7, 11) is 0. The van der Waals surface area contributed by atoms with E-state index in [-0.39, 0.29) is 11.9 Å². The number of hydrogen-bond acceptors (Lipinski definition) is 2. The molecule has 2 aromatic carbocycles. The van der Waals surface area contributed by atoms with Gasteiger partial charge in [-0.3, -0.25) is 4.79 Å². The van der Waals surface area contributed by atoms with Crippen molar-refractivity contribution in [2.24, 2.45) is 5.73 Å². The Balaban J connectivity index is 1.68. The van der Waals surface area contributed by atoms with Gasteiger partial charge < -0.3 is 16.0 Å². The minimum absolute atomic E-state index is 0.0109. The van der Waals surface area contributed by atoms with Gasteiger partial charge in [0, 0.05) is 6.54 Å². The number of amides is 3. The molecule has 2 aromatic rings. The van der Waals surface area contributed by atoms with Crippen molar-refractivity contribution in [2.75, 3.05) is 6.54 Å². The third-order valence-electron chi connectivity index (χ3n) is 5.22. The third kappa shape index (κ3) is 2.40. The van der Waals surface area contributed by atoms with Crippen molar-refractivity contribution in [3.63, 3.8) is 0 Å². The maximum Gasteiger partial charge on any atom is 0.313 e. The third-order valence-corrected chi connectivity index (χ3v) is 5.22. The first-order valence-electron chi connectivity index (χ1n) is 8.47. The molecule has 124 valence electrons. The summed E-state index contributed by atoms with van der Waals surface area (Å²) >= 11 is 0. The number of urea groups is 1. The van der Waals surface area contributed by atoms with Crippen LogP contribution in [0.15, 0.2) is 42.5 Å². The van der Waals surface area contributed by atoms with Gasteiger partial charge in [-0.25, -0.2) is 4.79 Å². The first-order chi connectivity index (χ1) is 11.6. The summed E-state index contributed by atoms with van der Waals surface area (Å²) in [4.78, 5) is 26.2. The van der Waals surface area contributed by atoms with Gasteiger partial charge in [0.2, 0.25) is 5.91 Å². The number of carbonyl (C=O) groups is 2. The van der Waals surface area contributed by atoms with Gasteiger partial charge in [-0.15, -0.1) is 0 Å². The van der Waals surface area contributed by atoms with E-state index in [1.165, 1.54) is 16.3 Å². The predicted molar refractivity (Wildman–Crippen MR) is 92.3 cm³/mol. The second kappa shape index (κ2) is 5.51. The van der Waals surface area contributed by atoms with E-state index in [9.17, 15) is 9.59 Å². The van der Waals surface area contributed by atoms with Crippen LogP contribution in [0.25, 0.3) is 10.8 Å². The molecule has 3 amide bonds. The quantitative estimate of drug-likeness (QED) is 0.911. The Morgan fingerprint density at radius 3 is 2.62 bits per heavy atom. The van der Waals surface area contributed by atoms with E-state index in [0.29, 0.717) is 12.8 Å². The van der Waals surface area contributed by atoms with Crippen molar-refractivity contribution < 1.29 is 9.59 Å². The Morgan fingerprint density at radius 1 is 1.12 bits per heavy atom. The molecule has 0 aromatic heterocycles. The predicted octanol–water partition coefficient (Wildman–Crippen LogP) is 2.70. The molecule has 1 saturated carbocycles. The smallest absolute Gasteiger partial charge is 0.313 e. The van der Waals surface area contributed by atoms with Crippen LogP contribution >= 0.6 is 0 Å². The highest BCUT2D eigenvalue weighted by atomic mass is 16.2. The minimum atomic E-state index is -0.765. The lowest BCUT2D eigenvalue weighted by atomic mass is 9.97. The van der Waals surface area contributed by atoms with Crippen LogP contribution in [0.2, 0.25) is 0 Å². The first kappa shape index (κ1) is 15.0. The second-order valence-corrected chi connectivity index (χ2v) is 6.80. The molecule has 5 heteroatoms. The van der Waals surface area contributed by atoms with Gasteiger partial charge in [0.15, 0.2) is 0 Å². The fourth-order valence-electron chi connectivity index (χ4n) is 3.90. The Labute approximate surface area is 140 Å². The highest BCUT2D eigenvalue weighted by Crippen LogP contribution is 2.43. The van der Waals surface area contributed by atoms with Gasteiger partial charge in [-0.2, -0.15) is 0 Å². The number of nitrogens with one attached hydrogen (secondary N) is 1. The van der Waals surface area contributed by atoms with Gasteiger partial charge in [-0.05, 0) is 42.0 Å². The van der Waals surface area contributed by atoms with Crippen LogP contribution in [0.4, 0.5) is 4.79 Å². The molecule has 0 bridgehead atoms. The molecule has 1 heterocycles. The number of benzene rings is 2. The average Bonchev–Trinajstić information content (AvgIpc) is 3.19. The number of hydrogen-bond donors (Lipinski definition) is 2. The topological polar surface area (TPSA) is 75.4 Å². The zero-order valence-corrected chi connectivity index (χ0v) is 13.5. The summed E-state index contributed by atoms with van der Waals surface area (Å²) in [6, 6.07) is 14.0. The molecule has 1 saturated heterocycles. The molecule has 3 N–H and O–H groups in total. The molecular formula is C19H21N3O2. The normalized spacial score (nSPS) is 21.7. The number of nitrogens with zero attached hydrogens (tertiary/aromatic N) is 1. The molecule has 2 fully saturated rings. The van der Waals surface area contributed by atoms with E-state index in [4.69, 9.17) is 5.73 Å². The van der Waals surface area contributed by atoms with Crippen molar-refractivity contribution in [1.82, 2.24) is 10.2 Å². The van der Waals surface area contributed by atoms with Crippen molar-refractivity contribution in [3.05, 3.63) is 48.0 Å². The number of nitrogens with two attached hydrogens (primary N) is 1. The fourth-order valence-corrected chi connectivity index (χ4v) is 3.90. The zero-order valence-electron chi connectivity index (χ0n) is 13.5. The molecule has 1 unspecified atom stereocenters. The molecule has 0 spiro atoms. The van der Waals surface area contributed by atoms with Crippen LogP contribution in [0.5, 0.6) is 0 Å². The fraction of sp³-hybridized carbons (Fsp3) is 0.368. The molecule has 1 aliphatic carbocycles. The van der Waals surface area contributed by atoms with Crippen LogP contribution in [-0.2, 0) is 4.79 Å². The van der Waals surface area contributed by atoms with Crippen molar-refractivity contribution >= 4 is 22.7 Å². The van der Waals surface area contributed by atoms with Crippen LogP contribution in [-0.4, -0.2) is 28.9 Å². The molecule has 2 aliphatic rings. The maximum atomic E-state index is 13.0. The van der Waals surface area contributed by atoms with Crippen molar-refractivity contribution in [1.29, 1.82) is 0 Å². The lowest BCUT2D eigenvalue weighted by molar-refractivity contribution is -0.135. The average molecular weight is 323 g/mol. The highest BCUT2D eigenvalue weighted by molar-refractivity contribution is 5.94. The minimum Gasteiger partial charge on any atom is -0.352 e. The van der Waals surface area contributed by atoms with Crippen LogP contribution < -0.4 is 11.1 Å². The number of carbonyl (C=O) groups excluding carboxylic acids is 2. The van der Waals surface area contributed by atoms with E-state index in [2.05, 4.69) is 29.6 Å². The van der Waals surface area contributed by atoms with E-state index in [0.717, 1.165) is 19.4 Å². The van der Waals surface area contributed by atoms with Crippen molar-refractivity contribution in [2.45, 2.75) is 37.3 Å². The lowest BCUT2D eigenvalue weighted by Crippen LogP contribution is -2.51. The summed E-state index contributed by atoms with van der Waals surface area (Å²) in [6.07, 6.45) is 3.28. The van der Waals surface area contributed by atoms with Gasteiger partial charge in [-0.1, -0.05) is 42.5 Å². The molecular weight excluding hydrogens is 302 g/mol. The van der Waals surface area contributed by atoms with E-state index in [1.807, 2.05) is 23.1 Å². The summed E-state index contributed by atoms with van der Waals surface area (Å²) in [5.41, 5.74) is 5.68. The summed E-state index contributed by atoms with van der Waals surface area (Å²) in [5, 5.41) is 5.04. The van der Waals surface area contributed by atoms with Gasteiger partial charge >= 0.3 is 6.03 Å². The molecule has 1 aliphatic heterocycles. The molecule has 0 radical (unpaired) electrons. The Kier molecular flexibility index (Phi) is 3.44. The lowest BCUT2D eigenvalue weighted by Gasteiger charge is -2.30. The van der Waals surface area contributed by atoms with Crippen LogP contribution in [0.3, 0.4) is 0 Å². The SMILES string of the molecule is NC(=O)NC1(C(=O)N2CCCC2c2cccc3ccccc23)CC1. The number of rotatable bonds is 3. The van der Waals surface area contributed by atoms with E-state index >= 15 is 0 Å². The van der Waals surface area contributed by atoms with Gasteiger partial charge in [0.25, 0.3) is 0 Å². The number of fused-ring (bicyclic) bond motifs is 1. The van der Waals surface area contributed by atoms with Crippen molar-refractivity contribution in [3.8, 4) is 0 Å². The van der Waals surface area contributed by atoms with Gasteiger partial charge in [0.1, 0.15) is 5.54 Å². The monoisotopic (exact) mass is 323 g/mol. The number of likely N-dealkylation sites (tertiary alicyclic amines) is 1. The summed E-state index contributed by atoms with van der Waals surface area (Å²) in [6.45, 7) is 0.731. The Morgan fingerprint density at radius 2 is 1.88 bits per heavy atom. The second-order valence-electron chi connectivity index (χ2n) is 6.80. The summed E-state index contributed by atoms with van der Waals surface area (Å²) < 4.78 is 0. The highest BCUT2D eigenvalue weighted by Gasteiger charge is 2.54. The molecule has 1 atom stereocenters. The largest absolute Gasteiger partial charge is 0.352 e.